The second kappa shape index (κ2) is 5.83. The molecule has 5 aromatic rings. The topological polar surface area (TPSA) is 70.7 Å². The zero-order chi connectivity index (χ0) is 18.5. The van der Waals surface area contributed by atoms with Gasteiger partial charge in [0.1, 0.15) is 0 Å². The Kier molecular flexibility index (Phi) is 3.43. The van der Waals surface area contributed by atoms with Crippen molar-refractivity contribution in [2.45, 2.75) is 0 Å². The highest BCUT2D eigenvalue weighted by atomic mass is 31.1. The Hall–Kier alpha value is -3.36. The van der Waals surface area contributed by atoms with E-state index in [1.807, 2.05) is 54.6 Å². The van der Waals surface area contributed by atoms with Gasteiger partial charge >= 0.3 is 7.65 Å². The summed E-state index contributed by atoms with van der Waals surface area (Å²) in [7, 11) is -2.16. The van der Waals surface area contributed by atoms with Crippen molar-refractivity contribution in [3.05, 3.63) is 72.8 Å². The number of fused-ring (bicyclic) bond motifs is 4. The van der Waals surface area contributed by atoms with Crippen molar-refractivity contribution in [3.8, 4) is 22.6 Å². The predicted octanol–water partition coefficient (Wildman–Crippen LogP) is 6.56. The van der Waals surface area contributed by atoms with E-state index in [0.29, 0.717) is 21.8 Å². The van der Waals surface area contributed by atoms with E-state index in [4.69, 9.17) is 4.20 Å². The quantitative estimate of drug-likeness (QED) is 0.258. The summed E-state index contributed by atoms with van der Waals surface area (Å²) in [4.78, 5) is 0. The third-order valence-corrected chi connectivity index (χ3v) is 6.06. The fourth-order valence-electron chi connectivity index (χ4n) is 3.66. The van der Waals surface area contributed by atoms with Gasteiger partial charge in [-0.05, 0) is 39.6 Å². The summed E-state index contributed by atoms with van der Waals surface area (Å²) in [5, 5.41) is 24.6. The van der Waals surface area contributed by atoms with Gasteiger partial charge in [0, 0.05) is 21.9 Å². The molecule has 0 amide bonds. The van der Waals surface area contributed by atoms with Gasteiger partial charge < -0.3 is 10.2 Å². The summed E-state index contributed by atoms with van der Waals surface area (Å²) in [5.41, 5.74) is 1.62. The molecule has 0 aliphatic carbocycles. The lowest BCUT2D eigenvalue weighted by molar-refractivity contribution is 0.406. The number of benzene rings is 4. The zero-order valence-electron chi connectivity index (χ0n) is 14.1. The summed E-state index contributed by atoms with van der Waals surface area (Å²) in [6, 6.07) is 22.0. The van der Waals surface area contributed by atoms with Gasteiger partial charge in [-0.2, -0.15) is 0 Å². The Bertz CT molecular complexity index is 1420. The number of rotatable bonds is 1. The largest absolute Gasteiger partial charge is 0.598 e. The fourth-order valence-corrected chi connectivity index (χ4v) is 4.86. The maximum absolute atomic E-state index is 13.0. The third-order valence-electron chi connectivity index (χ3n) is 4.85. The van der Waals surface area contributed by atoms with Crippen molar-refractivity contribution in [2.24, 2.45) is 0 Å². The van der Waals surface area contributed by atoms with E-state index < -0.39 is 7.65 Å². The van der Waals surface area contributed by atoms with Gasteiger partial charge in [0.05, 0.1) is 0 Å². The van der Waals surface area contributed by atoms with E-state index in [2.05, 4.69) is 0 Å². The van der Waals surface area contributed by atoms with E-state index in [9.17, 15) is 14.8 Å². The first-order chi connectivity index (χ1) is 13.1. The first-order valence-electron chi connectivity index (χ1n) is 8.47. The maximum Gasteiger partial charge on any atom is 0.598 e. The Balaban J connectivity index is 2.02. The molecule has 0 aliphatic heterocycles. The molecule has 5 heteroatoms. The van der Waals surface area contributed by atoms with Crippen LogP contribution in [0.4, 0.5) is 0 Å². The minimum Gasteiger partial charge on any atom is -0.504 e. The fraction of sp³-hybridized carbons (Fsp3) is 0. The minimum absolute atomic E-state index is 0.214. The van der Waals surface area contributed by atoms with Gasteiger partial charge in [0.2, 0.25) is 5.12 Å². The van der Waals surface area contributed by atoms with Crippen LogP contribution in [0.15, 0.2) is 77.0 Å². The van der Waals surface area contributed by atoms with E-state index in [0.717, 1.165) is 21.5 Å². The Labute approximate surface area is 154 Å². The summed E-state index contributed by atoms with van der Waals surface area (Å²) in [6.45, 7) is 0. The molecule has 1 aromatic heterocycles. The highest BCUT2D eigenvalue weighted by molar-refractivity contribution is 7.37. The predicted molar refractivity (Wildman–Crippen MR) is 108 cm³/mol. The molecule has 4 aromatic carbocycles. The molecule has 0 fully saturated rings. The van der Waals surface area contributed by atoms with Gasteiger partial charge in [0.25, 0.3) is 0 Å². The molecule has 5 rings (SSSR count). The molecule has 1 unspecified atom stereocenters. The Morgan fingerprint density at radius 2 is 1.48 bits per heavy atom. The molecule has 27 heavy (non-hydrogen) atoms. The zero-order valence-corrected chi connectivity index (χ0v) is 15.0. The van der Waals surface area contributed by atoms with Crippen LogP contribution < -0.4 is 0 Å². The number of hydrogen-bond donors (Lipinski definition) is 2. The molecule has 2 N–H and O–H groups in total. The van der Waals surface area contributed by atoms with E-state index in [-0.39, 0.29) is 11.5 Å². The van der Waals surface area contributed by atoms with Crippen LogP contribution >= 0.6 is 7.65 Å². The van der Waals surface area contributed by atoms with E-state index in [1.54, 1.807) is 12.1 Å². The van der Waals surface area contributed by atoms with Crippen molar-refractivity contribution in [1.82, 2.24) is 0 Å². The van der Waals surface area contributed by atoms with Crippen molar-refractivity contribution in [1.29, 1.82) is 0 Å². The average Bonchev–Trinajstić information content (AvgIpc) is 2.69. The van der Waals surface area contributed by atoms with Crippen molar-refractivity contribution in [2.75, 3.05) is 0 Å². The van der Waals surface area contributed by atoms with Crippen LogP contribution in [0, 0.1) is 0 Å². The number of hydrogen-bond acceptors (Lipinski definition) is 4. The van der Waals surface area contributed by atoms with Crippen LogP contribution in [0.1, 0.15) is 0 Å². The molecule has 0 aliphatic rings. The molecular weight excluding hydrogens is 359 g/mol. The first-order valence-corrected chi connectivity index (χ1v) is 9.64. The molecule has 4 nitrogen and oxygen atoms in total. The number of para-hydroxylation sites is 1. The van der Waals surface area contributed by atoms with Crippen LogP contribution in [0.2, 0.25) is 0 Å². The van der Waals surface area contributed by atoms with Gasteiger partial charge in [-0.15, -0.1) is 0 Å². The summed E-state index contributed by atoms with van der Waals surface area (Å²) >= 11 is 0. The number of phenolic OH excluding ortho intramolecular Hbond substituents is 2. The highest BCUT2D eigenvalue weighted by Gasteiger charge is 2.25. The highest BCUT2D eigenvalue weighted by Crippen LogP contribution is 2.48. The van der Waals surface area contributed by atoms with Crippen LogP contribution in [0.25, 0.3) is 43.4 Å². The Morgan fingerprint density at radius 3 is 2.33 bits per heavy atom. The van der Waals surface area contributed by atoms with Crippen LogP contribution in [-0.2, 0) is 4.57 Å². The molecule has 0 radical (unpaired) electrons. The molecule has 0 saturated carbocycles. The lowest BCUT2D eigenvalue weighted by Gasteiger charge is -2.11. The molecule has 0 bridgehead atoms. The Morgan fingerprint density at radius 1 is 0.778 bits per heavy atom. The van der Waals surface area contributed by atoms with Gasteiger partial charge in [-0.25, -0.2) is 4.20 Å². The summed E-state index contributed by atoms with van der Waals surface area (Å²) < 4.78 is 18.6. The first kappa shape index (κ1) is 15.9. The maximum atomic E-state index is 13.0. The molecule has 0 spiro atoms. The van der Waals surface area contributed by atoms with Crippen LogP contribution in [-0.4, -0.2) is 10.2 Å². The van der Waals surface area contributed by atoms with Gasteiger partial charge in [0.15, 0.2) is 17.1 Å². The second-order valence-electron chi connectivity index (χ2n) is 6.39. The molecule has 130 valence electrons. The van der Waals surface area contributed by atoms with Gasteiger partial charge in [-0.3, -0.25) is 0 Å². The molecule has 1 heterocycles. The van der Waals surface area contributed by atoms with Crippen molar-refractivity contribution < 1.29 is 19.0 Å². The van der Waals surface area contributed by atoms with Crippen molar-refractivity contribution >= 4 is 39.9 Å². The van der Waals surface area contributed by atoms with Crippen molar-refractivity contribution in [3.63, 3.8) is 0 Å². The lowest BCUT2D eigenvalue weighted by atomic mass is 9.95. The average molecular weight is 373 g/mol. The standard InChI is InChI=1S/C22H13O4P/c23-18-12-13-6-1-2-7-14(13)20(21(18)24)17-10-5-9-16-15-8-3-4-11-19(15)26-27(25)22(16)17/h1-12H,(H-,23,24,25)/p+1. The van der Waals surface area contributed by atoms with Crippen LogP contribution in [0.5, 0.6) is 11.5 Å². The molecule has 0 saturated heterocycles. The van der Waals surface area contributed by atoms with Crippen LogP contribution in [0.3, 0.4) is 0 Å². The summed E-state index contributed by atoms with van der Waals surface area (Å²) in [6.07, 6.45) is 0. The lowest BCUT2D eigenvalue weighted by Crippen LogP contribution is -1.86. The molecule has 1 atom stereocenters. The summed E-state index contributed by atoms with van der Waals surface area (Å²) in [5.74, 6) is -0.446. The molecular formula is C22H14O4P+. The number of phenols is 2. The third kappa shape index (κ3) is 2.31. The number of aromatic hydroxyl groups is 2. The monoisotopic (exact) mass is 373 g/mol. The normalized spacial score (nSPS) is 12.1. The smallest absolute Gasteiger partial charge is 0.504 e. The SMILES string of the molecule is O=[p+]1oc2ccccc2c2cccc(-c3c(O)c(O)cc4ccccc34)c21. The van der Waals surface area contributed by atoms with E-state index >= 15 is 0 Å². The minimum atomic E-state index is -2.16. The van der Waals surface area contributed by atoms with E-state index in [1.165, 1.54) is 6.07 Å². The second-order valence-corrected chi connectivity index (χ2v) is 7.53. The van der Waals surface area contributed by atoms with Gasteiger partial charge in [-0.1, -0.05) is 48.5 Å².